The average molecular weight is 1240 g/mol. The van der Waals surface area contributed by atoms with Crippen LogP contribution >= 0.6 is 0 Å². The molecule has 11 nitrogen and oxygen atoms in total. The summed E-state index contributed by atoms with van der Waals surface area (Å²) < 4.78 is 16.7. The van der Waals surface area contributed by atoms with E-state index < -0.39 is 49.5 Å². The molecule has 0 saturated carbocycles. The highest BCUT2D eigenvalue weighted by Gasteiger charge is 2.44. The summed E-state index contributed by atoms with van der Waals surface area (Å²) in [5.74, 6) is -0.193. The molecule has 0 aromatic rings. The van der Waals surface area contributed by atoms with Crippen molar-refractivity contribution >= 4 is 11.9 Å². The number of aliphatic hydroxyl groups is 5. The van der Waals surface area contributed by atoms with Crippen molar-refractivity contribution in [1.82, 2.24) is 5.32 Å². The smallest absolute Gasteiger partial charge is 0.305 e. The number of esters is 1. The quantitative estimate of drug-likeness (QED) is 0.0195. The first kappa shape index (κ1) is 83.1. The van der Waals surface area contributed by atoms with Crippen LogP contribution in [0.15, 0.2) is 72.9 Å². The fourth-order valence-electron chi connectivity index (χ4n) is 11.5. The zero-order valence-electron chi connectivity index (χ0n) is 56.9. The maximum absolute atomic E-state index is 13.0. The Hall–Kier alpha value is -2.90. The third-order valence-corrected chi connectivity index (χ3v) is 17.3. The molecule has 1 aliphatic heterocycles. The molecular formula is C77H139NO10. The highest BCUT2D eigenvalue weighted by Crippen LogP contribution is 2.23. The summed E-state index contributed by atoms with van der Waals surface area (Å²) in [6.45, 7) is 4.10. The number of hydrogen-bond donors (Lipinski definition) is 6. The monoisotopic (exact) mass is 1240 g/mol. The Kier molecular flexibility index (Phi) is 61.9. The standard InChI is InChI=1S/C77H139NO10/c1-3-5-7-9-11-13-14-15-42-45-49-53-57-61-65-73(82)86-66-62-58-54-50-46-43-40-38-36-34-32-30-28-26-24-22-20-18-16-17-19-21-23-25-27-29-31-33-35-37-39-41-44-48-52-56-60-64-72(81)78-69(70(80)63-59-55-51-47-12-10-8-6-4-2)68-87-77-76(85)75(84)74(83)71(67-79)88-77/h4,6,12,14-16,18,22,24,47,59,63,69-71,74-77,79-80,83-85H,3,5,7-11,13,17,19-21,23,25-46,48-58,60-62,64-68H2,1-2H3,(H,78,81)/b6-4+,15-14-,18-16-,24-22-,47-12+,63-59+. The molecule has 0 aromatic carbocycles. The highest BCUT2D eigenvalue weighted by atomic mass is 16.7. The van der Waals surface area contributed by atoms with E-state index in [0.717, 1.165) is 70.6 Å². The summed E-state index contributed by atoms with van der Waals surface area (Å²) in [6.07, 6.45) is 79.6. The second-order valence-corrected chi connectivity index (χ2v) is 25.6. The van der Waals surface area contributed by atoms with Crippen LogP contribution in [0.5, 0.6) is 0 Å². The van der Waals surface area contributed by atoms with Crippen LogP contribution < -0.4 is 5.32 Å². The topological polar surface area (TPSA) is 175 Å². The minimum atomic E-state index is -1.58. The van der Waals surface area contributed by atoms with Crippen LogP contribution in [-0.2, 0) is 23.8 Å². The van der Waals surface area contributed by atoms with Crippen molar-refractivity contribution in [3.63, 3.8) is 0 Å². The van der Waals surface area contributed by atoms with Crippen LogP contribution in [0.25, 0.3) is 0 Å². The van der Waals surface area contributed by atoms with Gasteiger partial charge in [-0.15, -0.1) is 0 Å². The molecule has 1 saturated heterocycles. The summed E-state index contributed by atoms with van der Waals surface area (Å²) >= 11 is 0. The molecular weight excluding hydrogens is 1100 g/mol. The first-order chi connectivity index (χ1) is 43.2. The Morgan fingerprint density at radius 2 is 0.818 bits per heavy atom. The van der Waals surface area contributed by atoms with Gasteiger partial charge in [-0.25, -0.2) is 0 Å². The van der Waals surface area contributed by atoms with Crippen molar-refractivity contribution in [2.75, 3.05) is 19.8 Å². The minimum absolute atomic E-state index is 0.00342. The molecule has 1 rings (SSSR count). The molecule has 1 aliphatic rings. The van der Waals surface area contributed by atoms with Crippen LogP contribution in [0.2, 0.25) is 0 Å². The van der Waals surface area contributed by atoms with E-state index in [1.807, 2.05) is 19.1 Å². The van der Waals surface area contributed by atoms with E-state index in [9.17, 15) is 35.1 Å². The molecule has 1 fully saturated rings. The number of carbonyl (C=O) groups is 2. The van der Waals surface area contributed by atoms with Crippen LogP contribution in [0.1, 0.15) is 341 Å². The molecule has 1 heterocycles. The number of aliphatic hydroxyl groups excluding tert-OH is 5. The third kappa shape index (κ3) is 53.7. The summed E-state index contributed by atoms with van der Waals surface area (Å²) in [5.41, 5.74) is 0. The predicted octanol–water partition coefficient (Wildman–Crippen LogP) is 19.5. The van der Waals surface area contributed by atoms with Gasteiger partial charge in [0.25, 0.3) is 0 Å². The fourth-order valence-corrected chi connectivity index (χ4v) is 11.5. The van der Waals surface area contributed by atoms with Crippen molar-refractivity contribution in [3.8, 4) is 0 Å². The zero-order valence-corrected chi connectivity index (χ0v) is 56.9. The maximum Gasteiger partial charge on any atom is 0.305 e. The molecule has 0 aromatic heterocycles. The lowest BCUT2D eigenvalue weighted by Gasteiger charge is -2.40. The zero-order chi connectivity index (χ0) is 63.7. The summed E-state index contributed by atoms with van der Waals surface area (Å²) in [4.78, 5) is 25.1. The van der Waals surface area contributed by atoms with Gasteiger partial charge in [-0.2, -0.15) is 0 Å². The second-order valence-electron chi connectivity index (χ2n) is 25.6. The van der Waals surface area contributed by atoms with Gasteiger partial charge in [-0.05, 0) is 110 Å². The molecule has 88 heavy (non-hydrogen) atoms. The second kappa shape index (κ2) is 65.6. The van der Waals surface area contributed by atoms with E-state index in [4.69, 9.17) is 14.2 Å². The van der Waals surface area contributed by atoms with E-state index in [-0.39, 0.29) is 18.5 Å². The number of rotatable bonds is 65. The van der Waals surface area contributed by atoms with Gasteiger partial charge in [-0.3, -0.25) is 9.59 Å². The molecule has 0 aliphatic carbocycles. The molecule has 512 valence electrons. The molecule has 7 atom stereocenters. The van der Waals surface area contributed by atoms with Crippen molar-refractivity contribution in [2.24, 2.45) is 0 Å². The molecule has 7 unspecified atom stereocenters. The summed E-state index contributed by atoms with van der Waals surface area (Å²) in [5, 5.41) is 54.2. The lowest BCUT2D eigenvalue weighted by Crippen LogP contribution is -2.60. The van der Waals surface area contributed by atoms with Gasteiger partial charge in [0.1, 0.15) is 24.4 Å². The van der Waals surface area contributed by atoms with Gasteiger partial charge in [0.2, 0.25) is 5.91 Å². The van der Waals surface area contributed by atoms with Crippen LogP contribution in [-0.4, -0.2) is 100 Å². The Bertz CT molecular complexity index is 1690. The van der Waals surface area contributed by atoms with Gasteiger partial charge in [0.05, 0.1) is 32.0 Å². The van der Waals surface area contributed by atoms with Gasteiger partial charge in [-0.1, -0.05) is 292 Å². The lowest BCUT2D eigenvalue weighted by molar-refractivity contribution is -0.302. The fraction of sp³-hybridized carbons (Fsp3) is 0.818. The first-order valence-electron chi connectivity index (χ1n) is 37.2. The first-order valence-corrected chi connectivity index (χ1v) is 37.2. The van der Waals surface area contributed by atoms with E-state index in [1.165, 1.54) is 244 Å². The van der Waals surface area contributed by atoms with Crippen molar-refractivity contribution in [3.05, 3.63) is 72.9 Å². The molecule has 0 radical (unpaired) electrons. The molecule has 0 bridgehead atoms. The van der Waals surface area contributed by atoms with E-state index in [1.54, 1.807) is 6.08 Å². The number of hydrogen-bond acceptors (Lipinski definition) is 10. The third-order valence-electron chi connectivity index (χ3n) is 17.3. The van der Waals surface area contributed by atoms with Crippen molar-refractivity contribution in [1.29, 1.82) is 0 Å². The Labute approximate surface area is 541 Å². The number of amides is 1. The highest BCUT2D eigenvalue weighted by molar-refractivity contribution is 5.76. The van der Waals surface area contributed by atoms with Gasteiger partial charge >= 0.3 is 5.97 Å². The van der Waals surface area contributed by atoms with E-state index in [0.29, 0.717) is 19.4 Å². The summed E-state index contributed by atoms with van der Waals surface area (Å²) in [7, 11) is 0. The number of carbonyl (C=O) groups excluding carboxylic acids is 2. The van der Waals surface area contributed by atoms with Gasteiger partial charge < -0.3 is 45.1 Å². The van der Waals surface area contributed by atoms with Gasteiger partial charge in [0.15, 0.2) is 6.29 Å². The summed E-state index contributed by atoms with van der Waals surface area (Å²) in [6, 6.07) is -0.832. The normalized spacial score (nSPS) is 18.2. The number of unbranched alkanes of at least 4 members (excludes halogenated alkanes) is 42. The van der Waals surface area contributed by atoms with Crippen LogP contribution in [0.4, 0.5) is 0 Å². The molecule has 11 heteroatoms. The largest absolute Gasteiger partial charge is 0.466 e. The van der Waals surface area contributed by atoms with E-state index >= 15 is 0 Å². The molecule has 6 N–H and O–H groups in total. The Morgan fingerprint density at radius 3 is 1.26 bits per heavy atom. The average Bonchev–Trinajstić information content (AvgIpc) is 3.35. The molecule has 0 spiro atoms. The Morgan fingerprint density at radius 1 is 0.443 bits per heavy atom. The molecule has 1 amide bonds. The lowest BCUT2D eigenvalue weighted by atomic mass is 9.99. The minimum Gasteiger partial charge on any atom is -0.466 e. The van der Waals surface area contributed by atoms with Crippen LogP contribution in [0, 0.1) is 0 Å². The van der Waals surface area contributed by atoms with Gasteiger partial charge in [0, 0.05) is 12.8 Å². The number of allylic oxidation sites excluding steroid dienone is 11. The van der Waals surface area contributed by atoms with Crippen LogP contribution in [0.3, 0.4) is 0 Å². The maximum atomic E-state index is 13.0. The number of ether oxygens (including phenoxy) is 3. The Balaban J connectivity index is 1.89. The predicted molar refractivity (Wildman–Crippen MR) is 370 cm³/mol. The van der Waals surface area contributed by atoms with Crippen molar-refractivity contribution in [2.45, 2.75) is 384 Å². The van der Waals surface area contributed by atoms with E-state index in [2.05, 4.69) is 66.9 Å². The van der Waals surface area contributed by atoms with Crippen molar-refractivity contribution < 1.29 is 49.3 Å². The SMILES string of the molecule is C/C=C/CC/C=C/CC/C=C/C(O)C(COC1OC(CO)C(O)C(O)C1O)NC(=O)CCCCCCCCCCCCCCCCCCC/C=C\C/C=C\CCCCCCCCCCCCCCCOC(=O)CCCCCCC/C=C\CCCCCCC. The number of nitrogens with one attached hydrogen (secondary N) is 1.